The summed E-state index contributed by atoms with van der Waals surface area (Å²) in [7, 11) is 1.65. The summed E-state index contributed by atoms with van der Waals surface area (Å²) in [5, 5.41) is 5.00. The van der Waals surface area contributed by atoms with Crippen molar-refractivity contribution in [1.29, 1.82) is 0 Å². The first-order valence-corrected chi connectivity index (χ1v) is 9.18. The summed E-state index contributed by atoms with van der Waals surface area (Å²) in [6.45, 7) is 0. The van der Waals surface area contributed by atoms with Gasteiger partial charge in [0, 0.05) is 22.1 Å². The molecule has 1 saturated carbocycles. The molecular weight excluding hydrogens is 348 g/mol. The number of aromatic amines is 1. The topological polar surface area (TPSA) is 54.1 Å². The highest BCUT2D eigenvalue weighted by Crippen LogP contribution is 2.41. The summed E-state index contributed by atoms with van der Waals surface area (Å²) < 4.78 is 5.30. The second-order valence-electron chi connectivity index (χ2n) is 6.89. The molecule has 1 amide bonds. The van der Waals surface area contributed by atoms with Gasteiger partial charge in [-0.25, -0.2) is 0 Å². The molecule has 0 unspecified atom stereocenters. The number of aromatic nitrogens is 1. The van der Waals surface area contributed by atoms with Crippen molar-refractivity contribution in [2.45, 2.75) is 31.2 Å². The summed E-state index contributed by atoms with van der Waals surface area (Å²) >= 11 is 6.00. The molecule has 4 rings (SSSR count). The zero-order chi connectivity index (χ0) is 18.1. The lowest BCUT2D eigenvalue weighted by Crippen LogP contribution is -2.51. The van der Waals surface area contributed by atoms with E-state index in [1.165, 1.54) is 0 Å². The second-order valence-corrected chi connectivity index (χ2v) is 7.33. The number of amides is 1. The van der Waals surface area contributed by atoms with Gasteiger partial charge >= 0.3 is 0 Å². The number of hydrogen-bond donors (Lipinski definition) is 2. The van der Waals surface area contributed by atoms with Crippen LogP contribution in [0, 0.1) is 0 Å². The number of carbonyl (C=O) groups is 1. The number of ether oxygens (including phenoxy) is 1. The predicted molar refractivity (Wildman–Crippen MR) is 104 cm³/mol. The maximum Gasteiger partial charge on any atom is 0.225 e. The molecular formula is C21H21ClN2O2. The van der Waals surface area contributed by atoms with Crippen LogP contribution in [0.25, 0.3) is 10.9 Å². The first kappa shape index (κ1) is 17.0. The van der Waals surface area contributed by atoms with Crippen LogP contribution in [0.2, 0.25) is 5.02 Å². The van der Waals surface area contributed by atoms with Gasteiger partial charge in [-0.2, -0.15) is 0 Å². The maximum atomic E-state index is 12.8. The molecule has 3 aromatic rings. The van der Waals surface area contributed by atoms with Crippen molar-refractivity contribution in [2.75, 3.05) is 7.11 Å². The molecule has 1 heterocycles. The highest BCUT2D eigenvalue weighted by molar-refractivity contribution is 6.30. The van der Waals surface area contributed by atoms with Crippen LogP contribution in [-0.4, -0.2) is 18.0 Å². The zero-order valence-electron chi connectivity index (χ0n) is 14.6. The Morgan fingerprint density at radius 2 is 2.00 bits per heavy atom. The van der Waals surface area contributed by atoms with E-state index in [1.807, 2.05) is 48.7 Å². The Hall–Kier alpha value is -2.46. The van der Waals surface area contributed by atoms with Crippen LogP contribution in [0.1, 0.15) is 30.4 Å². The molecule has 0 saturated heterocycles. The molecule has 134 valence electrons. The number of benzene rings is 2. The SMILES string of the molecule is COc1ccc2[nH]cc(CC(=O)NC3(c4ccc(Cl)cc4)CCC3)c2c1. The lowest BCUT2D eigenvalue weighted by atomic mass is 9.71. The van der Waals surface area contributed by atoms with E-state index in [4.69, 9.17) is 16.3 Å². The van der Waals surface area contributed by atoms with E-state index >= 15 is 0 Å². The minimum atomic E-state index is -0.258. The van der Waals surface area contributed by atoms with Crippen LogP contribution in [0.3, 0.4) is 0 Å². The maximum absolute atomic E-state index is 12.8. The normalized spacial score (nSPS) is 15.5. The molecule has 0 spiro atoms. The molecule has 0 aliphatic heterocycles. The summed E-state index contributed by atoms with van der Waals surface area (Å²) in [5.41, 5.74) is 2.85. The Morgan fingerprint density at radius 1 is 1.23 bits per heavy atom. The van der Waals surface area contributed by atoms with Gasteiger partial charge in [0.1, 0.15) is 5.75 Å². The van der Waals surface area contributed by atoms with Crippen LogP contribution in [0.5, 0.6) is 5.75 Å². The molecule has 0 bridgehead atoms. The van der Waals surface area contributed by atoms with Crippen molar-refractivity contribution >= 4 is 28.4 Å². The van der Waals surface area contributed by atoms with Gasteiger partial charge in [0.15, 0.2) is 0 Å². The fourth-order valence-electron chi connectivity index (χ4n) is 3.70. The third-order valence-corrected chi connectivity index (χ3v) is 5.56. The van der Waals surface area contributed by atoms with E-state index in [2.05, 4.69) is 10.3 Å². The molecule has 0 radical (unpaired) electrons. The van der Waals surface area contributed by atoms with Gasteiger partial charge in [0.05, 0.1) is 19.1 Å². The van der Waals surface area contributed by atoms with Crippen LogP contribution < -0.4 is 10.1 Å². The Bertz CT molecular complexity index is 942. The average molecular weight is 369 g/mol. The molecule has 1 fully saturated rings. The Kier molecular flexibility index (Phi) is 4.37. The Labute approximate surface area is 157 Å². The van der Waals surface area contributed by atoms with Gasteiger partial charge in [0.2, 0.25) is 5.91 Å². The molecule has 1 aliphatic carbocycles. The standard InChI is InChI=1S/C21H21ClN2O2/c1-26-17-7-8-19-18(12-17)14(13-23-19)11-20(25)24-21(9-2-10-21)15-3-5-16(22)6-4-15/h3-8,12-13,23H,2,9-11H2,1H3,(H,24,25). The van der Waals surface area contributed by atoms with E-state index in [1.54, 1.807) is 7.11 Å². The number of fused-ring (bicyclic) bond motifs is 1. The predicted octanol–water partition coefficient (Wildman–Crippen LogP) is 4.57. The minimum absolute atomic E-state index is 0.0309. The number of rotatable bonds is 5. The summed E-state index contributed by atoms with van der Waals surface area (Å²) in [5.74, 6) is 0.818. The monoisotopic (exact) mass is 368 g/mol. The molecule has 5 heteroatoms. The zero-order valence-corrected chi connectivity index (χ0v) is 15.4. The van der Waals surface area contributed by atoms with Crippen LogP contribution >= 0.6 is 11.6 Å². The van der Waals surface area contributed by atoms with Crippen molar-refractivity contribution in [1.82, 2.24) is 10.3 Å². The smallest absolute Gasteiger partial charge is 0.225 e. The van der Waals surface area contributed by atoms with Crippen LogP contribution in [0.15, 0.2) is 48.7 Å². The number of hydrogen-bond acceptors (Lipinski definition) is 2. The minimum Gasteiger partial charge on any atom is -0.497 e. The highest BCUT2D eigenvalue weighted by atomic mass is 35.5. The lowest BCUT2D eigenvalue weighted by Gasteiger charge is -2.43. The van der Waals surface area contributed by atoms with Gasteiger partial charge in [-0.3, -0.25) is 4.79 Å². The Morgan fingerprint density at radius 3 is 2.65 bits per heavy atom. The summed E-state index contributed by atoms with van der Waals surface area (Å²) in [6, 6.07) is 13.6. The fourth-order valence-corrected chi connectivity index (χ4v) is 3.83. The first-order chi connectivity index (χ1) is 12.6. The molecule has 4 nitrogen and oxygen atoms in total. The quantitative estimate of drug-likeness (QED) is 0.693. The molecule has 26 heavy (non-hydrogen) atoms. The third kappa shape index (κ3) is 3.06. The largest absolute Gasteiger partial charge is 0.497 e. The van der Waals surface area contributed by atoms with Gasteiger partial charge in [-0.15, -0.1) is 0 Å². The number of nitrogens with one attached hydrogen (secondary N) is 2. The second kappa shape index (κ2) is 6.69. The van der Waals surface area contributed by atoms with Gasteiger partial charge in [-0.05, 0) is 60.7 Å². The van der Waals surface area contributed by atoms with Crippen molar-refractivity contribution in [2.24, 2.45) is 0 Å². The van der Waals surface area contributed by atoms with Crippen molar-refractivity contribution < 1.29 is 9.53 Å². The van der Waals surface area contributed by atoms with E-state index in [9.17, 15) is 4.79 Å². The molecule has 1 aromatic heterocycles. The Balaban J connectivity index is 1.54. The summed E-state index contributed by atoms with van der Waals surface area (Å²) in [6.07, 6.45) is 5.28. The number of carbonyl (C=O) groups excluding carboxylic acids is 1. The van der Waals surface area contributed by atoms with E-state index in [0.717, 1.165) is 47.0 Å². The van der Waals surface area contributed by atoms with Crippen LogP contribution in [-0.2, 0) is 16.8 Å². The van der Waals surface area contributed by atoms with Gasteiger partial charge < -0.3 is 15.0 Å². The van der Waals surface area contributed by atoms with E-state index in [0.29, 0.717) is 11.4 Å². The van der Waals surface area contributed by atoms with Crippen LogP contribution in [0.4, 0.5) is 0 Å². The van der Waals surface area contributed by atoms with Gasteiger partial charge in [-0.1, -0.05) is 23.7 Å². The number of methoxy groups -OCH3 is 1. The molecule has 2 aromatic carbocycles. The van der Waals surface area contributed by atoms with Gasteiger partial charge in [0.25, 0.3) is 0 Å². The summed E-state index contributed by atoms with van der Waals surface area (Å²) in [4.78, 5) is 16.0. The highest BCUT2D eigenvalue weighted by Gasteiger charge is 2.39. The first-order valence-electron chi connectivity index (χ1n) is 8.81. The van der Waals surface area contributed by atoms with E-state index < -0.39 is 0 Å². The fraction of sp³-hybridized carbons (Fsp3) is 0.286. The number of H-pyrrole nitrogens is 1. The molecule has 2 N–H and O–H groups in total. The van der Waals surface area contributed by atoms with E-state index in [-0.39, 0.29) is 11.4 Å². The molecule has 0 atom stereocenters. The average Bonchev–Trinajstić information content (AvgIpc) is 3.01. The lowest BCUT2D eigenvalue weighted by molar-refractivity contribution is -0.123. The van der Waals surface area contributed by atoms with Crippen molar-refractivity contribution in [3.8, 4) is 5.75 Å². The van der Waals surface area contributed by atoms with Crippen molar-refractivity contribution in [3.63, 3.8) is 0 Å². The van der Waals surface area contributed by atoms with Crippen molar-refractivity contribution in [3.05, 3.63) is 64.8 Å². The third-order valence-electron chi connectivity index (χ3n) is 5.31. The number of halogens is 1. The molecule has 1 aliphatic rings.